The second-order valence-electron chi connectivity index (χ2n) is 6.03. The fourth-order valence-electron chi connectivity index (χ4n) is 2.73. The summed E-state index contributed by atoms with van der Waals surface area (Å²) in [4.78, 5) is 25.4. The number of ether oxygens (including phenoxy) is 1. The lowest BCUT2D eigenvalue weighted by atomic mass is 10.2. The van der Waals surface area contributed by atoms with E-state index in [2.05, 4.69) is 5.32 Å². The Balaban J connectivity index is 1.77. The Hall–Kier alpha value is -2.45. The number of alkyl halides is 3. The quantitative estimate of drug-likeness (QED) is 0.752. The summed E-state index contributed by atoms with van der Waals surface area (Å²) in [6.07, 6.45) is -3.57. The lowest BCUT2D eigenvalue weighted by Gasteiger charge is -2.24. The van der Waals surface area contributed by atoms with Crippen LogP contribution in [0.5, 0.6) is 5.75 Å². The Morgan fingerprint density at radius 1 is 1.27 bits per heavy atom. The highest BCUT2D eigenvalue weighted by Crippen LogP contribution is 2.19. The highest BCUT2D eigenvalue weighted by molar-refractivity contribution is 5.87. The number of halogens is 3. The van der Waals surface area contributed by atoms with E-state index in [4.69, 9.17) is 4.74 Å². The molecule has 1 aliphatic rings. The van der Waals surface area contributed by atoms with Crippen molar-refractivity contribution in [1.29, 1.82) is 0 Å². The zero-order valence-corrected chi connectivity index (χ0v) is 14.4. The van der Waals surface area contributed by atoms with E-state index < -0.39 is 30.7 Å². The van der Waals surface area contributed by atoms with Gasteiger partial charge in [0.05, 0.1) is 6.54 Å². The third kappa shape index (κ3) is 5.82. The Kier molecular flexibility index (Phi) is 6.70. The summed E-state index contributed by atoms with van der Waals surface area (Å²) in [7, 11) is 0. The molecule has 3 amide bonds. The van der Waals surface area contributed by atoms with Crippen LogP contribution < -0.4 is 15.4 Å². The third-order valence-corrected chi connectivity index (χ3v) is 4.01. The van der Waals surface area contributed by atoms with Gasteiger partial charge in [0.25, 0.3) is 0 Å². The van der Waals surface area contributed by atoms with Gasteiger partial charge in [0.2, 0.25) is 5.91 Å². The number of hydrogen-bond donors (Lipinski definition) is 2. The lowest BCUT2D eigenvalue weighted by molar-refractivity contribution is -0.140. The molecule has 1 fully saturated rings. The molecule has 1 atom stereocenters. The predicted octanol–water partition coefficient (Wildman–Crippen LogP) is 2.23. The zero-order valence-electron chi connectivity index (χ0n) is 14.4. The van der Waals surface area contributed by atoms with Gasteiger partial charge in [-0.3, -0.25) is 4.79 Å². The predicted molar refractivity (Wildman–Crippen MR) is 88.9 cm³/mol. The van der Waals surface area contributed by atoms with Crippen LogP contribution in [0.25, 0.3) is 0 Å². The summed E-state index contributed by atoms with van der Waals surface area (Å²) in [6, 6.07) is 6.09. The van der Waals surface area contributed by atoms with Gasteiger partial charge >= 0.3 is 12.2 Å². The van der Waals surface area contributed by atoms with Crippen molar-refractivity contribution in [1.82, 2.24) is 15.5 Å². The number of carbonyl (C=O) groups excluding carboxylic acids is 2. The van der Waals surface area contributed by atoms with Crippen LogP contribution in [0, 0.1) is 6.92 Å². The fourth-order valence-corrected chi connectivity index (χ4v) is 2.73. The number of rotatable bonds is 6. The molecule has 0 aromatic heterocycles. The van der Waals surface area contributed by atoms with Gasteiger partial charge in [-0.05, 0) is 31.4 Å². The molecular weight excluding hydrogens is 351 g/mol. The van der Waals surface area contributed by atoms with Gasteiger partial charge in [0, 0.05) is 6.54 Å². The lowest BCUT2D eigenvalue weighted by Crippen LogP contribution is -2.51. The second-order valence-corrected chi connectivity index (χ2v) is 6.03. The van der Waals surface area contributed by atoms with E-state index in [0.29, 0.717) is 25.1 Å². The molecule has 1 saturated heterocycles. The summed E-state index contributed by atoms with van der Waals surface area (Å²) in [5.41, 5.74) is 0.972. The van der Waals surface area contributed by atoms with Crippen molar-refractivity contribution < 1.29 is 27.5 Å². The van der Waals surface area contributed by atoms with Crippen molar-refractivity contribution in [2.75, 3.05) is 26.2 Å². The largest absolute Gasteiger partial charge is 0.491 e. The van der Waals surface area contributed by atoms with Crippen LogP contribution in [-0.2, 0) is 4.79 Å². The number of nitrogens with zero attached hydrogens (tertiary/aromatic N) is 1. The summed E-state index contributed by atoms with van der Waals surface area (Å²) >= 11 is 0. The first kappa shape index (κ1) is 19.9. The van der Waals surface area contributed by atoms with E-state index in [9.17, 15) is 22.8 Å². The third-order valence-electron chi connectivity index (χ3n) is 4.01. The van der Waals surface area contributed by atoms with E-state index in [-0.39, 0.29) is 13.2 Å². The summed E-state index contributed by atoms with van der Waals surface area (Å²) in [5, 5.41) is 4.47. The molecule has 2 rings (SSSR count). The van der Waals surface area contributed by atoms with E-state index in [0.717, 1.165) is 5.56 Å². The van der Waals surface area contributed by atoms with Gasteiger partial charge in [-0.15, -0.1) is 0 Å². The number of nitrogens with one attached hydrogen (secondary N) is 2. The topological polar surface area (TPSA) is 70.7 Å². The Morgan fingerprint density at radius 2 is 2.00 bits per heavy atom. The van der Waals surface area contributed by atoms with Crippen LogP contribution in [0.4, 0.5) is 18.0 Å². The second kappa shape index (κ2) is 8.77. The smallest absolute Gasteiger partial charge is 0.405 e. The highest BCUT2D eigenvalue weighted by Gasteiger charge is 2.36. The van der Waals surface area contributed by atoms with Crippen LogP contribution in [0.3, 0.4) is 0 Å². The number of aryl methyl sites for hydroxylation is 1. The maximum atomic E-state index is 12.2. The number of amides is 3. The fraction of sp³-hybridized carbons (Fsp3) is 0.529. The van der Waals surface area contributed by atoms with Crippen LogP contribution in [0.1, 0.15) is 18.4 Å². The minimum Gasteiger partial charge on any atom is -0.491 e. The summed E-state index contributed by atoms with van der Waals surface area (Å²) in [5.74, 6) is -0.0709. The van der Waals surface area contributed by atoms with Crippen LogP contribution in [0.2, 0.25) is 0 Å². The minimum atomic E-state index is -4.48. The molecule has 144 valence electrons. The number of para-hydroxylation sites is 1. The minimum absolute atomic E-state index is 0.223. The van der Waals surface area contributed by atoms with Crippen LogP contribution in [-0.4, -0.2) is 55.3 Å². The maximum absolute atomic E-state index is 12.2. The summed E-state index contributed by atoms with van der Waals surface area (Å²) < 4.78 is 42.2. The molecule has 0 aliphatic carbocycles. The molecular formula is C17H22F3N3O3. The van der Waals surface area contributed by atoms with Gasteiger partial charge in [-0.2, -0.15) is 13.2 Å². The average molecular weight is 373 g/mol. The standard InChI is InChI=1S/C17H22F3N3O3/c1-12-5-2-3-7-14(12)26-10-8-21-16(25)23-9-4-6-13(23)15(24)22-11-17(18,19)20/h2-3,5,7,13H,4,6,8-11H2,1H3,(H,21,25)(H,22,24). The highest BCUT2D eigenvalue weighted by atomic mass is 19.4. The first-order chi connectivity index (χ1) is 12.3. The molecule has 6 nitrogen and oxygen atoms in total. The van der Waals surface area contributed by atoms with E-state index in [1.165, 1.54) is 4.90 Å². The Morgan fingerprint density at radius 3 is 2.69 bits per heavy atom. The van der Waals surface area contributed by atoms with Gasteiger partial charge in [0.1, 0.15) is 24.9 Å². The SMILES string of the molecule is Cc1ccccc1OCCNC(=O)N1CCCC1C(=O)NCC(F)(F)F. The van der Waals surface area contributed by atoms with Crippen molar-refractivity contribution in [3.05, 3.63) is 29.8 Å². The molecule has 9 heteroatoms. The number of carbonyl (C=O) groups is 2. The Labute approximate surface area is 149 Å². The molecule has 1 unspecified atom stereocenters. The first-order valence-corrected chi connectivity index (χ1v) is 8.35. The Bertz CT molecular complexity index is 637. The van der Waals surface area contributed by atoms with E-state index in [1.54, 1.807) is 0 Å². The normalized spacial score (nSPS) is 17.1. The van der Waals surface area contributed by atoms with Crippen molar-refractivity contribution >= 4 is 11.9 Å². The number of likely N-dealkylation sites (tertiary alicyclic amines) is 1. The molecule has 0 bridgehead atoms. The zero-order chi connectivity index (χ0) is 19.2. The number of urea groups is 1. The van der Waals surface area contributed by atoms with Crippen molar-refractivity contribution in [3.8, 4) is 5.75 Å². The molecule has 1 aromatic carbocycles. The summed E-state index contributed by atoms with van der Waals surface area (Å²) in [6.45, 7) is 1.30. The molecule has 0 saturated carbocycles. The molecule has 1 aromatic rings. The average Bonchev–Trinajstić information content (AvgIpc) is 3.07. The number of benzene rings is 1. The van der Waals surface area contributed by atoms with Crippen LogP contribution >= 0.6 is 0 Å². The molecule has 26 heavy (non-hydrogen) atoms. The maximum Gasteiger partial charge on any atom is 0.405 e. The van der Waals surface area contributed by atoms with Gasteiger partial charge in [0.15, 0.2) is 0 Å². The molecule has 0 spiro atoms. The van der Waals surface area contributed by atoms with Crippen molar-refractivity contribution in [2.45, 2.75) is 32.0 Å². The van der Waals surface area contributed by atoms with Gasteiger partial charge < -0.3 is 20.3 Å². The van der Waals surface area contributed by atoms with Crippen molar-refractivity contribution in [2.24, 2.45) is 0 Å². The number of hydrogen-bond acceptors (Lipinski definition) is 3. The van der Waals surface area contributed by atoms with Crippen molar-refractivity contribution in [3.63, 3.8) is 0 Å². The first-order valence-electron chi connectivity index (χ1n) is 8.35. The van der Waals surface area contributed by atoms with Gasteiger partial charge in [-0.1, -0.05) is 18.2 Å². The molecule has 2 N–H and O–H groups in total. The van der Waals surface area contributed by atoms with Crippen LogP contribution in [0.15, 0.2) is 24.3 Å². The molecule has 1 heterocycles. The molecule has 1 aliphatic heterocycles. The molecule has 0 radical (unpaired) electrons. The van der Waals surface area contributed by atoms with Gasteiger partial charge in [-0.25, -0.2) is 4.79 Å². The van der Waals surface area contributed by atoms with E-state index in [1.807, 2.05) is 36.5 Å². The van der Waals surface area contributed by atoms with E-state index >= 15 is 0 Å². The monoisotopic (exact) mass is 373 g/mol.